The molecule has 0 aliphatic carbocycles. The molecule has 3 rings (SSSR count). The second-order valence-corrected chi connectivity index (χ2v) is 10.5. The minimum absolute atomic E-state index is 0.472. The standard InChI is InChI=1S/C29H38N4O3S/c1-5-37(34)21-20-36-28-14-8-7-12-24(28)22-33(4)18-9-6-10-19-35-27-15-11-13-25(23(27)2)26-16-17-31-29(30-3)32-26/h6-9,11-17H,5,10,18-22H2,1-4H3,(H,30,31,32)/b9-6+. The highest BCUT2D eigenvalue weighted by atomic mass is 32.2. The number of hydrogen-bond acceptors (Lipinski definition) is 7. The molecule has 1 heterocycles. The number of likely N-dealkylation sites (N-methyl/N-ethyl adjacent to an activating group) is 1. The fourth-order valence-corrected chi connectivity index (χ4v) is 4.36. The van der Waals surface area contributed by atoms with Crippen molar-refractivity contribution in [2.75, 3.05) is 50.7 Å². The molecular formula is C29H38N4O3S. The molecule has 1 N–H and O–H groups in total. The molecule has 0 spiro atoms. The average Bonchev–Trinajstić information content (AvgIpc) is 2.92. The smallest absolute Gasteiger partial charge is 0.222 e. The topological polar surface area (TPSA) is 76.6 Å². The molecule has 1 aromatic heterocycles. The van der Waals surface area contributed by atoms with Crippen molar-refractivity contribution in [2.24, 2.45) is 0 Å². The number of aromatic nitrogens is 2. The Balaban J connectivity index is 1.45. The van der Waals surface area contributed by atoms with E-state index < -0.39 is 10.8 Å². The van der Waals surface area contributed by atoms with Crippen LogP contribution in [0.25, 0.3) is 11.3 Å². The van der Waals surface area contributed by atoms with Gasteiger partial charge in [-0.15, -0.1) is 0 Å². The third-order valence-electron chi connectivity index (χ3n) is 5.87. The summed E-state index contributed by atoms with van der Waals surface area (Å²) >= 11 is 0. The van der Waals surface area contributed by atoms with Gasteiger partial charge in [-0.25, -0.2) is 9.97 Å². The van der Waals surface area contributed by atoms with E-state index >= 15 is 0 Å². The third-order valence-corrected chi connectivity index (χ3v) is 7.13. The molecule has 1 unspecified atom stereocenters. The maximum absolute atomic E-state index is 11.7. The van der Waals surface area contributed by atoms with Gasteiger partial charge in [-0.3, -0.25) is 9.11 Å². The van der Waals surface area contributed by atoms with Crippen molar-refractivity contribution in [3.8, 4) is 22.8 Å². The molecule has 3 aromatic rings. The fourth-order valence-electron chi connectivity index (χ4n) is 3.81. The van der Waals surface area contributed by atoms with Crippen LogP contribution in [-0.2, 0) is 17.3 Å². The van der Waals surface area contributed by atoms with E-state index in [2.05, 4.69) is 58.4 Å². The van der Waals surface area contributed by atoms with Crippen LogP contribution in [0, 0.1) is 6.92 Å². The van der Waals surface area contributed by atoms with Crippen LogP contribution in [0.1, 0.15) is 24.5 Å². The molecule has 0 aliphatic rings. The summed E-state index contributed by atoms with van der Waals surface area (Å²) in [6, 6.07) is 16.0. The summed E-state index contributed by atoms with van der Waals surface area (Å²) < 4.78 is 23.6. The van der Waals surface area contributed by atoms with Crippen LogP contribution in [-0.4, -0.2) is 64.4 Å². The molecule has 0 bridgehead atoms. The first-order valence-corrected chi connectivity index (χ1v) is 14.1. The van der Waals surface area contributed by atoms with Crippen LogP contribution in [0.3, 0.4) is 0 Å². The predicted octanol–water partition coefficient (Wildman–Crippen LogP) is 5.10. The van der Waals surface area contributed by atoms with E-state index in [0.717, 1.165) is 53.4 Å². The van der Waals surface area contributed by atoms with Gasteiger partial charge in [0, 0.05) is 59.6 Å². The summed E-state index contributed by atoms with van der Waals surface area (Å²) in [5.74, 6) is 3.55. The van der Waals surface area contributed by atoms with E-state index in [-0.39, 0.29) is 0 Å². The predicted molar refractivity (Wildman–Crippen MR) is 153 cm³/mol. The Labute approximate surface area is 223 Å². The zero-order chi connectivity index (χ0) is 26.5. The highest BCUT2D eigenvalue weighted by Gasteiger charge is 2.10. The van der Waals surface area contributed by atoms with Crippen LogP contribution < -0.4 is 14.8 Å². The van der Waals surface area contributed by atoms with Gasteiger partial charge in [-0.2, -0.15) is 0 Å². The number of nitrogens with one attached hydrogen (secondary N) is 1. The summed E-state index contributed by atoms with van der Waals surface area (Å²) in [6.45, 7) is 6.66. The van der Waals surface area contributed by atoms with E-state index in [1.807, 2.05) is 50.4 Å². The van der Waals surface area contributed by atoms with E-state index in [0.29, 0.717) is 30.7 Å². The molecule has 8 heteroatoms. The monoisotopic (exact) mass is 522 g/mol. The zero-order valence-electron chi connectivity index (χ0n) is 22.3. The third kappa shape index (κ3) is 8.98. The summed E-state index contributed by atoms with van der Waals surface area (Å²) in [4.78, 5) is 11.0. The number of hydrogen-bond donors (Lipinski definition) is 1. The van der Waals surface area contributed by atoms with Crippen LogP contribution in [0.4, 0.5) is 5.95 Å². The SMILES string of the molecule is CCS(=O)CCOc1ccccc1CN(C)C/C=C/CCOc1cccc(-c2ccnc(NC)n2)c1C. The van der Waals surface area contributed by atoms with Crippen molar-refractivity contribution in [3.63, 3.8) is 0 Å². The largest absolute Gasteiger partial charge is 0.493 e. The van der Waals surface area contributed by atoms with Crippen LogP contribution in [0.2, 0.25) is 0 Å². The lowest BCUT2D eigenvalue weighted by atomic mass is 10.0. The Bertz CT molecular complexity index is 1190. The van der Waals surface area contributed by atoms with E-state index in [9.17, 15) is 4.21 Å². The van der Waals surface area contributed by atoms with E-state index in [1.165, 1.54) is 0 Å². The second-order valence-electron chi connectivity index (χ2n) is 8.64. The zero-order valence-corrected chi connectivity index (χ0v) is 23.1. The van der Waals surface area contributed by atoms with Crippen LogP contribution in [0.5, 0.6) is 11.5 Å². The Morgan fingerprint density at radius 1 is 1.03 bits per heavy atom. The quantitative estimate of drug-likeness (QED) is 0.220. The number of nitrogens with zero attached hydrogens (tertiary/aromatic N) is 3. The first-order valence-electron chi connectivity index (χ1n) is 12.6. The molecular weight excluding hydrogens is 484 g/mol. The number of rotatable bonds is 15. The molecule has 0 saturated carbocycles. The van der Waals surface area contributed by atoms with Crippen LogP contribution >= 0.6 is 0 Å². The fraction of sp³-hybridized carbons (Fsp3) is 0.379. The van der Waals surface area contributed by atoms with Gasteiger partial charge < -0.3 is 14.8 Å². The van der Waals surface area contributed by atoms with E-state index in [4.69, 9.17) is 9.47 Å². The number of anilines is 1. The summed E-state index contributed by atoms with van der Waals surface area (Å²) in [5, 5.41) is 2.98. The molecule has 7 nitrogen and oxygen atoms in total. The lowest BCUT2D eigenvalue weighted by Crippen LogP contribution is -2.18. The Kier molecular flexibility index (Phi) is 11.6. The molecule has 37 heavy (non-hydrogen) atoms. The lowest BCUT2D eigenvalue weighted by molar-refractivity contribution is 0.317. The Morgan fingerprint density at radius 2 is 1.81 bits per heavy atom. The molecule has 2 aromatic carbocycles. The average molecular weight is 523 g/mol. The molecule has 0 fully saturated rings. The second kappa shape index (κ2) is 15.1. The highest BCUT2D eigenvalue weighted by molar-refractivity contribution is 7.84. The highest BCUT2D eigenvalue weighted by Crippen LogP contribution is 2.29. The van der Waals surface area contributed by atoms with Crippen molar-refractivity contribution < 1.29 is 13.7 Å². The van der Waals surface area contributed by atoms with Gasteiger partial charge in [0.2, 0.25) is 5.95 Å². The minimum atomic E-state index is -0.813. The van der Waals surface area contributed by atoms with Gasteiger partial charge in [0.1, 0.15) is 11.5 Å². The summed E-state index contributed by atoms with van der Waals surface area (Å²) in [6.07, 6.45) is 6.90. The van der Waals surface area contributed by atoms with Gasteiger partial charge in [0.05, 0.1) is 24.7 Å². The normalized spacial score (nSPS) is 12.1. The maximum atomic E-state index is 11.7. The van der Waals surface area contributed by atoms with Crippen molar-refractivity contribution in [2.45, 2.75) is 26.8 Å². The molecule has 1 atom stereocenters. The maximum Gasteiger partial charge on any atom is 0.222 e. The minimum Gasteiger partial charge on any atom is -0.493 e. The van der Waals surface area contributed by atoms with Crippen molar-refractivity contribution in [3.05, 3.63) is 78.0 Å². The molecule has 0 amide bonds. The molecule has 0 aliphatic heterocycles. The van der Waals surface area contributed by atoms with E-state index in [1.54, 1.807) is 6.20 Å². The van der Waals surface area contributed by atoms with Crippen molar-refractivity contribution >= 4 is 16.7 Å². The van der Waals surface area contributed by atoms with Gasteiger partial charge in [-0.05, 0) is 38.6 Å². The molecule has 0 radical (unpaired) electrons. The number of ether oxygens (including phenoxy) is 2. The van der Waals surface area contributed by atoms with Crippen molar-refractivity contribution in [1.29, 1.82) is 0 Å². The van der Waals surface area contributed by atoms with Crippen LogP contribution in [0.15, 0.2) is 66.9 Å². The Morgan fingerprint density at radius 3 is 2.62 bits per heavy atom. The van der Waals surface area contributed by atoms with Crippen molar-refractivity contribution in [1.82, 2.24) is 14.9 Å². The number of benzene rings is 2. The Hall–Kier alpha value is -3.23. The summed E-state index contributed by atoms with van der Waals surface area (Å²) in [7, 11) is 3.09. The summed E-state index contributed by atoms with van der Waals surface area (Å²) in [5.41, 5.74) is 4.10. The van der Waals surface area contributed by atoms with Gasteiger partial charge in [-0.1, -0.05) is 49.4 Å². The van der Waals surface area contributed by atoms with Gasteiger partial charge in [0.15, 0.2) is 0 Å². The number of para-hydroxylation sites is 1. The lowest BCUT2D eigenvalue weighted by Gasteiger charge is -2.17. The molecule has 198 valence electrons. The van der Waals surface area contributed by atoms with Gasteiger partial charge >= 0.3 is 0 Å². The molecule has 0 saturated heterocycles. The van der Waals surface area contributed by atoms with Gasteiger partial charge in [0.25, 0.3) is 0 Å². The first kappa shape index (κ1) is 28.3. The first-order chi connectivity index (χ1) is 18.0.